The summed E-state index contributed by atoms with van der Waals surface area (Å²) in [7, 11) is 0. The van der Waals surface area contributed by atoms with Crippen LogP contribution in [0.25, 0.3) is 0 Å². The molecule has 2 aromatic rings. The number of aromatic nitrogens is 1. The molecule has 0 saturated carbocycles. The first-order chi connectivity index (χ1) is 10.2. The van der Waals surface area contributed by atoms with E-state index in [1.165, 1.54) is 0 Å². The zero-order valence-corrected chi connectivity index (χ0v) is 12.0. The largest absolute Gasteiger partial charge is 0.494 e. The molecule has 0 fully saturated rings. The van der Waals surface area contributed by atoms with Gasteiger partial charge in [0.1, 0.15) is 5.75 Å². The standard InChI is InChI=1S/C16H19N3O2/c1-2-9-21-15-7-5-13(6-8-15)19-16(20)10-14-4-3-12(17)11-18-14/h3-8,11H,2,9-10,17H2,1H3,(H,19,20). The van der Waals surface area contributed by atoms with Crippen LogP contribution in [-0.4, -0.2) is 17.5 Å². The lowest BCUT2D eigenvalue weighted by atomic mass is 10.2. The van der Waals surface area contributed by atoms with E-state index in [9.17, 15) is 4.79 Å². The number of carbonyl (C=O) groups excluding carboxylic acids is 1. The minimum Gasteiger partial charge on any atom is -0.494 e. The van der Waals surface area contributed by atoms with Crippen molar-refractivity contribution in [2.45, 2.75) is 19.8 Å². The lowest BCUT2D eigenvalue weighted by Crippen LogP contribution is -2.15. The zero-order valence-electron chi connectivity index (χ0n) is 12.0. The number of amides is 1. The van der Waals surface area contributed by atoms with Gasteiger partial charge in [-0.1, -0.05) is 6.92 Å². The van der Waals surface area contributed by atoms with Crippen LogP contribution in [0.1, 0.15) is 19.0 Å². The smallest absolute Gasteiger partial charge is 0.230 e. The van der Waals surface area contributed by atoms with Crippen molar-refractivity contribution in [3.8, 4) is 5.75 Å². The Morgan fingerprint density at radius 2 is 2.00 bits per heavy atom. The Morgan fingerprint density at radius 3 is 2.62 bits per heavy atom. The highest BCUT2D eigenvalue weighted by atomic mass is 16.5. The van der Waals surface area contributed by atoms with Crippen LogP contribution in [0.5, 0.6) is 5.75 Å². The first-order valence-corrected chi connectivity index (χ1v) is 6.90. The van der Waals surface area contributed by atoms with E-state index in [4.69, 9.17) is 10.5 Å². The van der Waals surface area contributed by atoms with Crippen LogP contribution in [0.15, 0.2) is 42.6 Å². The molecule has 21 heavy (non-hydrogen) atoms. The molecule has 3 N–H and O–H groups in total. The fourth-order valence-corrected chi connectivity index (χ4v) is 1.76. The molecule has 0 unspecified atom stereocenters. The van der Waals surface area contributed by atoms with Crippen LogP contribution in [0, 0.1) is 0 Å². The van der Waals surface area contributed by atoms with Gasteiger partial charge in [0, 0.05) is 11.4 Å². The Kier molecular flexibility index (Phi) is 5.15. The second-order valence-corrected chi connectivity index (χ2v) is 4.68. The Hall–Kier alpha value is -2.56. The van der Waals surface area contributed by atoms with Gasteiger partial charge in [0.15, 0.2) is 0 Å². The minimum atomic E-state index is -0.116. The number of nitrogens with one attached hydrogen (secondary N) is 1. The van der Waals surface area contributed by atoms with E-state index in [0.29, 0.717) is 18.0 Å². The molecular weight excluding hydrogens is 266 g/mol. The third-order valence-electron chi connectivity index (χ3n) is 2.80. The molecule has 0 spiro atoms. The van der Waals surface area contributed by atoms with E-state index >= 15 is 0 Å². The summed E-state index contributed by atoms with van der Waals surface area (Å²) in [6.07, 6.45) is 2.73. The number of nitrogens with two attached hydrogens (primary N) is 1. The van der Waals surface area contributed by atoms with Crippen LogP contribution in [0.3, 0.4) is 0 Å². The Balaban J connectivity index is 1.88. The van der Waals surface area contributed by atoms with Crippen LogP contribution < -0.4 is 15.8 Å². The normalized spacial score (nSPS) is 10.1. The van der Waals surface area contributed by atoms with Crippen molar-refractivity contribution in [3.63, 3.8) is 0 Å². The van der Waals surface area contributed by atoms with Gasteiger partial charge in [0.25, 0.3) is 0 Å². The predicted octanol–water partition coefficient (Wildman–Crippen LogP) is 2.63. The van der Waals surface area contributed by atoms with Gasteiger partial charge in [-0.25, -0.2) is 0 Å². The maximum absolute atomic E-state index is 11.9. The lowest BCUT2D eigenvalue weighted by molar-refractivity contribution is -0.115. The van der Waals surface area contributed by atoms with E-state index in [1.54, 1.807) is 18.3 Å². The average Bonchev–Trinajstić information content (AvgIpc) is 2.49. The van der Waals surface area contributed by atoms with Gasteiger partial charge in [-0.05, 0) is 42.8 Å². The molecule has 0 aliphatic rings. The summed E-state index contributed by atoms with van der Waals surface area (Å²) in [6.45, 7) is 2.74. The second kappa shape index (κ2) is 7.28. The molecule has 0 aliphatic heterocycles. The first-order valence-electron chi connectivity index (χ1n) is 6.90. The summed E-state index contributed by atoms with van der Waals surface area (Å²) >= 11 is 0. The molecular formula is C16H19N3O2. The molecule has 0 bridgehead atoms. The van der Waals surface area contributed by atoms with Gasteiger partial charge in [0.2, 0.25) is 5.91 Å². The fourth-order valence-electron chi connectivity index (χ4n) is 1.76. The summed E-state index contributed by atoms with van der Waals surface area (Å²) in [5.74, 6) is 0.685. The number of rotatable bonds is 6. The minimum absolute atomic E-state index is 0.116. The first kappa shape index (κ1) is 14.8. The van der Waals surface area contributed by atoms with E-state index in [2.05, 4.69) is 17.2 Å². The lowest BCUT2D eigenvalue weighted by Gasteiger charge is -2.07. The quantitative estimate of drug-likeness (QED) is 0.855. The molecule has 0 atom stereocenters. The van der Waals surface area contributed by atoms with Gasteiger partial charge in [-0.2, -0.15) is 0 Å². The van der Waals surface area contributed by atoms with Crippen LogP contribution in [0.4, 0.5) is 11.4 Å². The number of anilines is 2. The molecule has 0 aliphatic carbocycles. The molecule has 1 aromatic carbocycles. The van der Waals surface area contributed by atoms with Crippen molar-refractivity contribution in [2.75, 3.05) is 17.7 Å². The van der Waals surface area contributed by atoms with Crippen molar-refractivity contribution in [1.82, 2.24) is 4.98 Å². The fraction of sp³-hybridized carbons (Fsp3) is 0.250. The molecule has 110 valence electrons. The summed E-state index contributed by atoms with van der Waals surface area (Å²) in [4.78, 5) is 16.0. The molecule has 1 aromatic heterocycles. The SMILES string of the molecule is CCCOc1ccc(NC(=O)Cc2ccc(N)cn2)cc1. The number of benzene rings is 1. The molecule has 0 radical (unpaired) electrons. The van der Waals surface area contributed by atoms with Crippen molar-refractivity contribution in [3.05, 3.63) is 48.3 Å². The number of carbonyl (C=O) groups is 1. The zero-order chi connectivity index (χ0) is 15.1. The topological polar surface area (TPSA) is 77.2 Å². The molecule has 5 heteroatoms. The van der Waals surface area contributed by atoms with Crippen molar-refractivity contribution in [1.29, 1.82) is 0 Å². The van der Waals surface area contributed by atoms with Gasteiger partial charge in [0.05, 0.1) is 24.9 Å². The number of hydrogen-bond acceptors (Lipinski definition) is 4. The van der Waals surface area contributed by atoms with E-state index < -0.39 is 0 Å². The maximum Gasteiger partial charge on any atom is 0.230 e. The van der Waals surface area contributed by atoms with E-state index in [1.807, 2.05) is 24.3 Å². The third kappa shape index (κ3) is 4.80. The van der Waals surface area contributed by atoms with Crippen molar-refractivity contribution >= 4 is 17.3 Å². The summed E-state index contributed by atoms with van der Waals surface area (Å²) in [6, 6.07) is 10.8. The van der Waals surface area contributed by atoms with Crippen LogP contribution >= 0.6 is 0 Å². The highest BCUT2D eigenvalue weighted by molar-refractivity contribution is 5.92. The van der Waals surface area contributed by atoms with Crippen molar-refractivity contribution < 1.29 is 9.53 Å². The maximum atomic E-state index is 11.9. The Morgan fingerprint density at radius 1 is 1.24 bits per heavy atom. The monoisotopic (exact) mass is 285 g/mol. The molecule has 2 rings (SSSR count). The number of hydrogen-bond donors (Lipinski definition) is 2. The second-order valence-electron chi connectivity index (χ2n) is 4.68. The highest BCUT2D eigenvalue weighted by Gasteiger charge is 2.05. The number of nitrogen functional groups attached to an aromatic ring is 1. The highest BCUT2D eigenvalue weighted by Crippen LogP contribution is 2.16. The summed E-state index contributed by atoms with van der Waals surface area (Å²) < 4.78 is 5.49. The van der Waals surface area contributed by atoms with Gasteiger partial charge in [-0.15, -0.1) is 0 Å². The predicted molar refractivity (Wildman–Crippen MR) is 83.2 cm³/mol. The summed E-state index contributed by atoms with van der Waals surface area (Å²) in [5, 5.41) is 2.82. The average molecular weight is 285 g/mol. The van der Waals surface area contributed by atoms with Gasteiger partial charge < -0.3 is 15.8 Å². The van der Waals surface area contributed by atoms with Gasteiger partial charge >= 0.3 is 0 Å². The van der Waals surface area contributed by atoms with Gasteiger partial charge in [-0.3, -0.25) is 9.78 Å². The summed E-state index contributed by atoms with van der Waals surface area (Å²) in [5.41, 5.74) is 7.56. The number of pyridine rings is 1. The van der Waals surface area contributed by atoms with E-state index in [0.717, 1.165) is 17.9 Å². The Bertz CT molecular complexity index is 579. The molecule has 1 amide bonds. The van der Waals surface area contributed by atoms with Crippen molar-refractivity contribution in [2.24, 2.45) is 0 Å². The van der Waals surface area contributed by atoms with Crippen LogP contribution in [-0.2, 0) is 11.2 Å². The van der Waals surface area contributed by atoms with E-state index in [-0.39, 0.29) is 12.3 Å². The molecule has 0 saturated heterocycles. The number of nitrogens with zero attached hydrogens (tertiary/aromatic N) is 1. The Labute approximate surface area is 124 Å². The van der Waals surface area contributed by atoms with Crippen LogP contribution in [0.2, 0.25) is 0 Å². The molecule has 5 nitrogen and oxygen atoms in total. The third-order valence-corrected chi connectivity index (χ3v) is 2.80. The number of ether oxygens (including phenoxy) is 1. The molecule has 1 heterocycles.